The second-order valence-corrected chi connectivity index (χ2v) is 7.47. The number of hydrogen-bond donors (Lipinski definition) is 0. The van der Waals surface area contributed by atoms with E-state index in [0.29, 0.717) is 0 Å². The maximum Gasteiger partial charge on any atom is 0.263 e. The van der Waals surface area contributed by atoms with Gasteiger partial charge in [-0.05, 0) is 43.5 Å². The highest BCUT2D eigenvalue weighted by molar-refractivity contribution is 5.81. The lowest BCUT2D eigenvalue weighted by molar-refractivity contribution is -0.139. The summed E-state index contributed by atoms with van der Waals surface area (Å²) >= 11 is 0. The summed E-state index contributed by atoms with van der Waals surface area (Å²) in [4.78, 5) is 17.1. The van der Waals surface area contributed by atoms with Gasteiger partial charge in [0, 0.05) is 32.7 Å². The van der Waals surface area contributed by atoms with Crippen molar-refractivity contribution in [3.05, 3.63) is 71.3 Å². The van der Waals surface area contributed by atoms with Crippen molar-refractivity contribution in [3.63, 3.8) is 0 Å². The van der Waals surface area contributed by atoms with E-state index >= 15 is 0 Å². The third-order valence-corrected chi connectivity index (χ3v) is 5.15. The Hall–Kier alpha value is -2.59. The molecule has 0 unspecified atom stereocenters. The first-order valence-electron chi connectivity index (χ1n) is 9.99. The van der Waals surface area contributed by atoms with Gasteiger partial charge in [-0.3, -0.25) is 9.69 Å². The van der Waals surface area contributed by atoms with E-state index < -0.39 is 6.10 Å². The Morgan fingerprint density at radius 2 is 1.79 bits per heavy atom. The standard InChI is InChI=1S/C24H30N2O2/c1-19-11-12-20(2)23(18-19)28-21(3)24(27)26-16-14-25(15-17-26)13-7-10-22-8-5-4-6-9-22/h4-12,18,21H,13-17H2,1-3H3/b10-7+/t21-/m1/s1. The Morgan fingerprint density at radius 1 is 1.07 bits per heavy atom. The third-order valence-electron chi connectivity index (χ3n) is 5.15. The number of ether oxygens (including phenoxy) is 1. The monoisotopic (exact) mass is 378 g/mol. The fourth-order valence-electron chi connectivity index (χ4n) is 3.39. The summed E-state index contributed by atoms with van der Waals surface area (Å²) in [6.07, 6.45) is 3.88. The van der Waals surface area contributed by atoms with Gasteiger partial charge in [0.1, 0.15) is 5.75 Å². The molecule has 148 valence electrons. The number of aryl methyl sites for hydroxylation is 2. The SMILES string of the molecule is Cc1ccc(C)c(O[C@H](C)C(=O)N2CCN(C/C=C/c3ccccc3)CC2)c1. The summed E-state index contributed by atoms with van der Waals surface area (Å²) in [5.74, 6) is 0.867. The molecule has 0 N–H and O–H groups in total. The highest BCUT2D eigenvalue weighted by Gasteiger charge is 2.26. The lowest BCUT2D eigenvalue weighted by atomic mass is 10.1. The molecule has 1 fully saturated rings. The summed E-state index contributed by atoms with van der Waals surface area (Å²) in [7, 11) is 0. The first kappa shape index (κ1) is 20.2. The first-order valence-corrected chi connectivity index (χ1v) is 9.99. The molecule has 2 aromatic rings. The average molecular weight is 379 g/mol. The Morgan fingerprint density at radius 3 is 2.50 bits per heavy atom. The molecule has 0 radical (unpaired) electrons. The van der Waals surface area contributed by atoms with Crippen LogP contribution in [0.15, 0.2) is 54.6 Å². The van der Waals surface area contributed by atoms with Crippen LogP contribution in [0.25, 0.3) is 6.08 Å². The van der Waals surface area contributed by atoms with E-state index in [1.807, 2.05) is 56.0 Å². The summed E-state index contributed by atoms with van der Waals surface area (Å²) in [5.41, 5.74) is 3.41. The lowest BCUT2D eigenvalue weighted by Gasteiger charge is -2.35. The number of nitrogens with zero attached hydrogens (tertiary/aromatic N) is 2. The summed E-state index contributed by atoms with van der Waals surface area (Å²) in [6, 6.07) is 16.4. The van der Waals surface area contributed by atoms with E-state index in [4.69, 9.17) is 4.74 Å². The molecule has 4 nitrogen and oxygen atoms in total. The quantitative estimate of drug-likeness (QED) is 0.764. The number of rotatable bonds is 6. The number of hydrogen-bond acceptors (Lipinski definition) is 3. The van der Waals surface area contributed by atoms with Gasteiger partial charge in [0.2, 0.25) is 0 Å². The Bertz CT molecular complexity index is 809. The fraction of sp³-hybridized carbons (Fsp3) is 0.375. The maximum absolute atomic E-state index is 12.8. The van der Waals surface area contributed by atoms with Crippen LogP contribution >= 0.6 is 0 Å². The largest absolute Gasteiger partial charge is 0.481 e. The zero-order valence-electron chi connectivity index (χ0n) is 17.1. The third kappa shape index (κ3) is 5.46. The van der Waals surface area contributed by atoms with E-state index in [9.17, 15) is 4.79 Å². The molecule has 1 saturated heterocycles. The minimum absolute atomic E-state index is 0.0698. The lowest BCUT2D eigenvalue weighted by Crippen LogP contribution is -2.51. The van der Waals surface area contributed by atoms with Crippen LogP contribution in [-0.4, -0.2) is 54.5 Å². The molecule has 2 aromatic carbocycles. The smallest absolute Gasteiger partial charge is 0.263 e. The van der Waals surface area contributed by atoms with Crippen LogP contribution in [0.4, 0.5) is 0 Å². The van der Waals surface area contributed by atoms with E-state index in [2.05, 4.69) is 35.3 Å². The zero-order chi connectivity index (χ0) is 19.9. The second kappa shape index (κ2) is 9.56. The van der Waals surface area contributed by atoms with Crippen LogP contribution in [-0.2, 0) is 4.79 Å². The molecule has 1 aliphatic heterocycles. The molecule has 28 heavy (non-hydrogen) atoms. The van der Waals surface area contributed by atoms with Crippen molar-refractivity contribution in [2.45, 2.75) is 26.9 Å². The van der Waals surface area contributed by atoms with Gasteiger partial charge in [0.15, 0.2) is 6.10 Å². The molecule has 0 saturated carbocycles. The normalized spacial score (nSPS) is 16.3. The van der Waals surface area contributed by atoms with Crippen molar-refractivity contribution in [2.24, 2.45) is 0 Å². The molecule has 4 heteroatoms. The van der Waals surface area contributed by atoms with Gasteiger partial charge in [-0.25, -0.2) is 0 Å². The minimum Gasteiger partial charge on any atom is -0.481 e. The van der Waals surface area contributed by atoms with Crippen molar-refractivity contribution in [1.29, 1.82) is 0 Å². The molecular formula is C24H30N2O2. The van der Waals surface area contributed by atoms with Gasteiger partial charge < -0.3 is 9.64 Å². The van der Waals surface area contributed by atoms with Crippen LogP contribution < -0.4 is 4.74 Å². The molecule has 0 aromatic heterocycles. The second-order valence-electron chi connectivity index (χ2n) is 7.47. The highest BCUT2D eigenvalue weighted by Crippen LogP contribution is 2.21. The molecule has 1 aliphatic rings. The van der Waals surface area contributed by atoms with Crippen molar-refractivity contribution in [2.75, 3.05) is 32.7 Å². The summed E-state index contributed by atoms with van der Waals surface area (Å²) in [5, 5.41) is 0. The molecule has 3 rings (SSSR count). The van der Waals surface area contributed by atoms with E-state index in [1.165, 1.54) is 5.56 Å². The molecule has 0 bridgehead atoms. The molecule has 1 atom stereocenters. The van der Waals surface area contributed by atoms with Crippen molar-refractivity contribution in [3.8, 4) is 5.75 Å². The number of piperazine rings is 1. The number of amides is 1. The number of benzene rings is 2. The van der Waals surface area contributed by atoms with Crippen LogP contribution in [0.2, 0.25) is 0 Å². The van der Waals surface area contributed by atoms with Crippen LogP contribution in [0.3, 0.4) is 0 Å². The molecule has 1 amide bonds. The molecule has 0 aliphatic carbocycles. The molecule has 0 spiro atoms. The Labute approximate surface area is 168 Å². The number of carbonyl (C=O) groups excluding carboxylic acids is 1. The van der Waals surface area contributed by atoms with Gasteiger partial charge in [0.25, 0.3) is 5.91 Å². The number of carbonyl (C=O) groups is 1. The minimum atomic E-state index is -0.468. The topological polar surface area (TPSA) is 32.8 Å². The van der Waals surface area contributed by atoms with Crippen LogP contribution in [0.5, 0.6) is 5.75 Å². The van der Waals surface area contributed by atoms with Crippen molar-refractivity contribution in [1.82, 2.24) is 9.80 Å². The first-order chi connectivity index (χ1) is 13.5. The van der Waals surface area contributed by atoms with Crippen molar-refractivity contribution >= 4 is 12.0 Å². The van der Waals surface area contributed by atoms with Gasteiger partial charge in [-0.15, -0.1) is 0 Å². The van der Waals surface area contributed by atoms with Gasteiger partial charge in [-0.2, -0.15) is 0 Å². The highest BCUT2D eigenvalue weighted by atomic mass is 16.5. The Balaban J connectivity index is 1.46. The van der Waals surface area contributed by atoms with Gasteiger partial charge >= 0.3 is 0 Å². The molecular weight excluding hydrogens is 348 g/mol. The molecule has 1 heterocycles. The van der Waals surface area contributed by atoms with Crippen LogP contribution in [0.1, 0.15) is 23.6 Å². The summed E-state index contributed by atoms with van der Waals surface area (Å²) in [6.45, 7) is 10.1. The van der Waals surface area contributed by atoms with E-state index in [0.717, 1.165) is 49.6 Å². The van der Waals surface area contributed by atoms with Gasteiger partial charge in [0.05, 0.1) is 0 Å². The summed E-state index contributed by atoms with van der Waals surface area (Å²) < 4.78 is 5.97. The predicted molar refractivity (Wildman–Crippen MR) is 115 cm³/mol. The van der Waals surface area contributed by atoms with E-state index in [-0.39, 0.29) is 5.91 Å². The fourth-order valence-corrected chi connectivity index (χ4v) is 3.39. The predicted octanol–water partition coefficient (Wildman–Crippen LogP) is 3.93. The van der Waals surface area contributed by atoms with E-state index in [1.54, 1.807) is 0 Å². The van der Waals surface area contributed by atoms with Crippen molar-refractivity contribution < 1.29 is 9.53 Å². The Kier molecular flexibility index (Phi) is 6.88. The van der Waals surface area contributed by atoms with Gasteiger partial charge in [-0.1, -0.05) is 54.6 Å². The van der Waals surface area contributed by atoms with Crippen LogP contribution in [0, 0.1) is 13.8 Å². The average Bonchev–Trinajstić information content (AvgIpc) is 2.71. The zero-order valence-corrected chi connectivity index (χ0v) is 17.1. The maximum atomic E-state index is 12.8.